The van der Waals surface area contributed by atoms with E-state index in [1.807, 2.05) is 16.8 Å². The lowest BCUT2D eigenvalue weighted by Crippen LogP contribution is -2.19. The smallest absolute Gasteiger partial charge is 0.152 e. The minimum absolute atomic E-state index is 0.420. The summed E-state index contributed by atoms with van der Waals surface area (Å²) in [6, 6.07) is 1.97. The Hall–Kier alpha value is -1.62. The van der Waals surface area contributed by atoms with Gasteiger partial charge < -0.3 is 11.1 Å². The van der Waals surface area contributed by atoms with Gasteiger partial charge in [-0.25, -0.2) is 9.50 Å². The molecule has 0 bridgehead atoms. The Kier molecular flexibility index (Phi) is 2.48. The fraction of sp³-hybridized carbons (Fsp3) is 0.500. The fourth-order valence-electron chi connectivity index (χ4n) is 2.26. The van der Waals surface area contributed by atoms with Crippen molar-refractivity contribution in [3.63, 3.8) is 0 Å². The molecule has 2 aromatic rings. The molecule has 2 aromatic heterocycles. The van der Waals surface area contributed by atoms with E-state index in [9.17, 15) is 0 Å². The molecular formula is C12H17N5. The van der Waals surface area contributed by atoms with Gasteiger partial charge in [-0.2, -0.15) is 5.10 Å². The molecule has 3 N–H and O–H groups in total. The highest BCUT2D eigenvalue weighted by Crippen LogP contribution is 2.48. The second-order valence-corrected chi connectivity index (χ2v) is 4.83. The maximum Gasteiger partial charge on any atom is 0.152 e. The highest BCUT2D eigenvalue weighted by atomic mass is 15.2. The van der Waals surface area contributed by atoms with Gasteiger partial charge in [-0.1, -0.05) is 0 Å². The maximum absolute atomic E-state index is 5.64. The van der Waals surface area contributed by atoms with Gasteiger partial charge in [0, 0.05) is 18.9 Å². The van der Waals surface area contributed by atoms with Gasteiger partial charge in [0.2, 0.25) is 0 Å². The van der Waals surface area contributed by atoms with Gasteiger partial charge in [-0.3, -0.25) is 0 Å². The van der Waals surface area contributed by atoms with Crippen LogP contribution in [0.1, 0.15) is 19.3 Å². The second kappa shape index (κ2) is 4.00. The van der Waals surface area contributed by atoms with Crippen LogP contribution in [0.2, 0.25) is 0 Å². The molecule has 1 fully saturated rings. The number of rotatable bonds is 5. The molecule has 0 aromatic carbocycles. The zero-order chi connectivity index (χ0) is 11.7. The first kappa shape index (κ1) is 10.5. The van der Waals surface area contributed by atoms with Gasteiger partial charge in [-0.05, 0) is 37.3 Å². The molecule has 90 valence electrons. The number of aromatic nitrogens is 3. The van der Waals surface area contributed by atoms with Crippen molar-refractivity contribution in [1.82, 2.24) is 14.6 Å². The Bertz CT molecular complexity index is 514. The van der Waals surface area contributed by atoms with Crippen molar-refractivity contribution in [2.45, 2.75) is 19.3 Å². The number of hydrogen-bond donors (Lipinski definition) is 2. The number of hydrogen-bond acceptors (Lipinski definition) is 4. The molecule has 0 spiro atoms. The fourth-order valence-corrected chi connectivity index (χ4v) is 2.26. The topological polar surface area (TPSA) is 68.2 Å². The number of nitrogens with one attached hydrogen (secondary N) is 1. The predicted octanol–water partition coefficient (Wildman–Crippen LogP) is 1.27. The van der Waals surface area contributed by atoms with Crippen molar-refractivity contribution < 1.29 is 0 Å². The summed E-state index contributed by atoms with van der Waals surface area (Å²) in [7, 11) is 0. The van der Waals surface area contributed by atoms with Gasteiger partial charge in [-0.15, -0.1) is 0 Å². The van der Waals surface area contributed by atoms with Crippen LogP contribution < -0.4 is 11.1 Å². The number of nitrogens with two attached hydrogens (primary N) is 1. The number of nitrogens with zero attached hydrogens (tertiary/aromatic N) is 3. The molecule has 17 heavy (non-hydrogen) atoms. The van der Waals surface area contributed by atoms with E-state index in [1.54, 1.807) is 12.4 Å². The third-order valence-electron chi connectivity index (χ3n) is 3.59. The summed E-state index contributed by atoms with van der Waals surface area (Å²) < 4.78 is 1.83. The minimum Gasteiger partial charge on any atom is -0.368 e. The quantitative estimate of drug-likeness (QED) is 0.813. The van der Waals surface area contributed by atoms with E-state index in [-0.39, 0.29) is 0 Å². The summed E-state index contributed by atoms with van der Waals surface area (Å²) >= 11 is 0. The number of fused-ring (bicyclic) bond motifs is 1. The van der Waals surface area contributed by atoms with Crippen LogP contribution in [-0.2, 0) is 0 Å². The molecule has 0 atom stereocenters. The lowest BCUT2D eigenvalue weighted by atomic mass is 10.0. The first-order valence-corrected chi connectivity index (χ1v) is 6.05. The van der Waals surface area contributed by atoms with E-state index in [0.717, 1.165) is 30.8 Å². The van der Waals surface area contributed by atoms with Crippen LogP contribution in [0, 0.1) is 5.41 Å². The van der Waals surface area contributed by atoms with Crippen LogP contribution in [0.3, 0.4) is 0 Å². The van der Waals surface area contributed by atoms with Crippen LogP contribution in [0.5, 0.6) is 0 Å². The van der Waals surface area contributed by atoms with Crippen LogP contribution >= 0.6 is 0 Å². The van der Waals surface area contributed by atoms with Crippen molar-refractivity contribution in [3.05, 3.63) is 24.7 Å². The summed E-state index contributed by atoms with van der Waals surface area (Å²) in [5, 5.41) is 7.63. The molecule has 1 aliphatic rings. The van der Waals surface area contributed by atoms with E-state index in [1.165, 1.54) is 12.8 Å². The molecule has 2 heterocycles. The summed E-state index contributed by atoms with van der Waals surface area (Å²) in [5.41, 5.74) is 7.08. The average molecular weight is 231 g/mol. The highest BCUT2D eigenvalue weighted by molar-refractivity contribution is 5.66. The molecule has 0 aliphatic heterocycles. The van der Waals surface area contributed by atoms with Crippen molar-refractivity contribution in [2.75, 3.05) is 18.4 Å². The van der Waals surface area contributed by atoms with Gasteiger partial charge in [0.1, 0.15) is 5.52 Å². The third-order valence-corrected chi connectivity index (χ3v) is 3.59. The Morgan fingerprint density at radius 2 is 2.29 bits per heavy atom. The largest absolute Gasteiger partial charge is 0.368 e. The lowest BCUT2D eigenvalue weighted by molar-refractivity contribution is 0.500. The first-order chi connectivity index (χ1) is 8.33. The van der Waals surface area contributed by atoms with E-state index in [4.69, 9.17) is 5.73 Å². The molecule has 5 heteroatoms. The molecule has 0 unspecified atom stereocenters. The monoisotopic (exact) mass is 231 g/mol. The van der Waals surface area contributed by atoms with Gasteiger partial charge >= 0.3 is 0 Å². The average Bonchev–Trinajstić information content (AvgIpc) is 2.92. The Balaban J connectivity index is 1.75. The first-order valence-electron chi connectivity index (χ1n) is 6.05. The molecular weight excluding hydrogens is 214 g/mol. The Morgan fingerprint density at radius 1 is 1.41 bits per heavy atom. The minimum atomic E-state index is 0.420. The predicted molar refractivity (Wildman–Crippen MR) is 66.8 cm³/mol. The molecule has 1 aliphatic carbocycles. The van der Waals surface area contributed by atoms with E-state index in [2.05, 4.69) is 15.4 Å². The van der Waals surface area contributed by atoms with Crippen molar-refractivity contribution in [3.8, 4) is 0 Å². The van der Waals surface area contributed by atoms with Gasteiger partial charge in [0.25, 0.3) is 0 Å². The Labute approximate surface area is 100 Å². The number of anilines is 1. The molecule has 3 rings (SSSR count). The molecule has 5 nitrogen and oxygen atoms in total. The van der Waals surface area contributed by atoms with Crippen LogP contribution in [-0.4, -0.2) is 27.7 Å². The van der Waals surface area contributed by atoms with E-state index in [0.29, 0.717) is 5.41 Å². The SMILES string of the molecule is NCCC1(CNc2nccn3nccc23)CC1. The highest BCUT2D eigenvalue weighted by Gasteiger charge is 2.41. The van der Waals surface area contributed by atoms with Gasteiger partial charge in [0.15, 0.2) is 5.82 Å². The van der Waals surface area contributed by atoms with Crippen molar-refractivity contribution in [1.29, 1.82) is 0 Å². The lowest BCUT2D eigenvalue weighted by Gasteiger charge is -2.15. The molecule has 0 saturated heterocycles. The van der Waals surface area contributed by atoms with Crippen molar-refractivity contribution >= 4 is 11.3 Å². The normalized spacial score (nSPS) is 17.2. The summed E-state index contributed by atoms with van der Waals surface area (Å²) in [6.07, 6.45) is 9.06. The zero-order valence-corrected chi connectivity index (χ0v) is 9.76. The maximum atomic E-state index is 5.64. The van der Waals surface area contributed by atoms with Crippen LogP contribution in [0.15, 0.2) is 24.7 Å². The summed E-state index contributed by atoms with van der Waals surface area (Å²) in [5.74, 6) is 0.910. The van der Waals surface area contributed by atoms with Crippen molar-refractivity contribution in [2.24, 2.45) is 11.1 Å². The van der Waals surface area contributed by atoms with E-state index < -0.39 is 0 Å². The van der Waals surface area contributed by atoms with Gasteiger partial charge in [0.05, 0.1) is 6.20 Å². The molecule has 0 radical (unpaired) electrons. The van der Waals surface area contributed by atoms with E-state index >= 15 is 0 Å². The van der Waals surface area contributed by atoms with Crippen LogP contribution in [0.4, 0.5) is 5.82 Å². The van der Waals surface area contributed by atoms with Crippen LogP contribution in [0.25, 0.3) is 5.52 Å². The second-order valence-electron chi connectivity index (χ2n) is 4.83. The zero-order valence-electron chi connectivity index (χ0n) is 9.76. The summed E-state index contributed by atoms with van der Waals surface area (Å²) in [6.45, 7) is 1.73. The third kappa shape index (κ3) is 1.98. The molecule has 0 amide bonds. The Morgan fingerprint density at radius 3 is 3.06 bits per heavy atom. The standard InChI is InChI=1S/C12H17N5/c13-5-4-12(2-3-12)9-15-11-10-1-6-16-17(10)8-7-14-11/h1,6-8H,2-5,9,13H2,(H,14,15). The molecule has 1 saturated carbocycles. The summed E-state index contributed by atoms with van der Waals surface area (Å²) in [4.78, 5) is 4.37.